The number of carbonyl (C=O) groups is 2. The number of piperidine rings is 1. The first-order valence-electron chi connectivity index (χ1n) is 12.4. The van der Waals surface area contributed by atoms with E-state index in [1.807, 2.05) is 41.4 Å². The van der Waals surface area contributed by atoms with Crippen LogP contribution < -0.4 is 11.1 Å². The third-order valence-corrected chi connectivity index (χ3v) is 7.90. The lowest BCUT2D eigenvalue weighted by Gasteiger charge is -2.41. The minimum Gasteiger partial charge on any atom is -0.508 e. The van der Waals surface area contributed by atoms with E-state index in [0.29, 0.717) is 25.3 Å². The van der Waals surface area contributed by atoms with Crippen LogP contribution in [0, 0.1) is 0 Å². The molecule has 36 heavy (non-hydrogen) atoms. The quantitative estimate of drug-likeness (QED) is 0.420. The van der Waals surface area contributed by atoms with Gasteiger partial charge in [-0.25, -0.2) is 0 Å². The third kappa shape index (κ3) is 4.70. The van der Waals surface area contributed by atoms with Gasteiger partial charge >= 0.3 is 0 Å². The molecule has 7 nitrogen and oxygen atoms in total. The van der Waals surface area contributed by atoms with Gasteiger partial charge in [0.2, 0.25) is 11.8 Å². The Morgan fingerprint density at radius 1 is 1.14 bits per heavy atom. The number of phenolic OH excluding ortho intramolecular Hbond substituents is 1. The molecule has 1 aliphatic carbocycles. The van der Waals surface area contributed by atoms with E-state index in [1.165, 1.54) is 5.56 Å². The molecule has 3 aromatic rings. The van der Waals surface area contributed by atoms with Crippen molar-refractivity contribution >= 4 is 35.1 Å². The number of nitrogens with one attached hydrogen (secondary N) is 2. The van der Waals surface area contributed by atoms with E-state index in [0.717, 1.165) is 47.7 Å². The smallest absolute Gasteiger partial charge is 0.245 e. The van der Waals surface area contributed by atoms with E-state index in [1.54, 1.807) is 19.9 Å². The molecular formula is C28H35ClN4O3. The van der Waals surface area contributed by atoms with Crippen LogP contribution in [0.25, 0.3) is 10.9 Å². The number of benzene rings is 2. The summed E-state index contributed by atoms with van der Waals surface area (Å²) in [5.41, 5.74) is 9.26. The molecule has 1 aromatic heterocycles. The average molecular weight is 511 g/mol. The number of aromatic nitrogens is 1. The van der Waals surface area contributed by atoms with Gasteiger partial charge in [0.05, 0.1) is 5.54 Å². The largest absolute Gasteiger partial charge is 0.508 e. The second-order valence-electron chi connectivity index (χ2n) is 10.7. The zero-order valence-electron chi connectivity index (χ0n) is 20.8. The highest BCUT2D eigenvalue weighted by Crippen LogP contribution is 2.48. The molecule has 2 aromatic carbocycles. The Morgan fingerprint density at radius 3 is 2.58 bits per heavy atom. The Balaban J connectivity index is 0.00000304. The molecule has 1 saturated heterocycles. The summed E-state index contributed by atoms with van der Waals surface area (Å²) in [6.07, 6.45) is 5.89. The highest BCUT2D eigenvalue weighted by Gasteiger charge is 2.43. The maximum atomic E-state index is 13.7. The molecule has 192 valence electrons. The predicted octanol–water partition coefficient (Wildman–Crippen LogP) is 3.57. The van der Waals surface area contributed by atoms with Crippen LogP contribution in [0.5, 0.6) is 5.75 Å². The molecule has 0 bridgehead atoms. The summed E-state index contributed by atoms with van der Waals surface area (Å²) in [5.74, 6) is -0.0370. The predicted molar refractivity (Wildman–Crippen MR) is 143 cm³/mol. The van der Waals surface area contributed by atoms with Crippen molar-refractivity contribution in [2.24, 2.45) is 5.73 Å². The minimum atomic E-state index is -1.08. The van der Waals surface area contributed by atoms with Crippen molar-refractivity contribution in [2.45, 2.75) is 62.9 Å². The summed E-state index contributed by atoms with van der Waals surface area (Å²) in [6.45, 7) is 4.54. The normalized spacial score (nSPS) is 17.5. The fraction of sp³-hybridized carbons (Fsp3) is 0.429. The number of nitrogens with zero attached hydrogens (tertiary/aromatic N) is 1. The summed E-state index contributed by atoms with van der Waals surface area (Å²) < 4.78 is 0. The van der Waals surface area contributed by atoms with Crippen LogP contribution in [0.1, 0.15) is 49.8 Å². The van der Waals surface area contributed by atoms with E-state index < -0.39 is 11.6 Å². The van der Waals surface area contributed by atoms with Gasteiger partial charge in [0.1, 0.15) is 11.8 Å². The van der Waals surface area contributed by atoms with Crippen molar-refractivity contribution in [3.05, 3.63) is 65.4 Å². The van der Waals surface area contributed by atoms with Crippen LogP contribution in [0.2, 0.25) is 0 Å². The van der Waals surface area contributed by atoms with E-state index >= 15 is 0 Å². The fourth-order valence-electron chi connectivity index (χ4n) is 5.79. The van der Waals surface area contributed by atoms with Crippen molar-refractivity contribution < 1.29 is 14.7 Å². The van der Waals surface area contributed by atoms with Gasteiger partial charge in [-0.1, -0.05) is 30.3 Å². The van der Waals surface area contributed by atoms with Crippen LogP contribution in [0.4, 0.5) is 0 Å². The number of hydrogen-bond donors (Lipinski definition) is 4. The van der Waals surface area contributed by atoms with E-state index in [2.05, 4.69) is 16.4 Å². The van der Waals surface area contributed by atoms with Crippen LogP contribution in [-0.4, -0.2) is 51.5 Å². The molecule has 1 aliphatic heterocycles. The van der Waals surface area contributed by atoms with E-state index in [-0.39, 0.29) is 29.6 Å². The first-order valence-corrected chi connectivity index (χ1v) is 12.4. The van der Waals surface area contributed by atoms with Gasteiger partial charge in [0.15, 0.2) is 0 Å². The van der Waals surface area contributed by atoms with Crippen LogP contribution in [-0.2, 0) is 27.8 Å². The van der Waals surface area contributed by atoms with E-state index in [4.69, 9.17) is 5.73 Å². The molecular weight excluding hydrogens is 476 g/mol. The highest BCUT2D eigenvalue weighted by molar-refractivity contribution is 5.92. The van der Waals surface area contributed by atoms with Crippen molar-refractivity contribution in [3.63, 3.8) is 0 Å². The number of fused-ring (bicyclic) bond motifs is 3. The van der Waals surface area contributed by atoms with Gasteiger partial charge in [0, 0.05) is 36.6 Å². The van der Waals surface area contributed by atoms with E-state index in [9.17, 15) is 14.7 Å². The van der Waals surface area contributed by atoms with Crippen LogP contribution >= 0.6 is 12.4 Å². The first kappa shape index (κ1) is 26.0. The lowest BCUT2D eigenvalue weighted by atomic mass is 9.73. The maximum absolute atomic E-state index is 13.7. The van der Waals surface area contributed by atoms with Gasteiger partial charge in [-0.05, 0) is 73.8 Å². The Labute approximate surface area is 217 Å². The summed E-state index contributed by atoms with van der Waals surface area (Å²) in [6, 6.07) is 13.1. The number of hydrogen-bond acceptors (Lipinski definition) is 4. The lowest BCUT2D eigenvalue weighted by molar-refractivity contribution is -0.138. The standard InChI is InChI=1S/C28H34N4O3.ClH/c1-27(2,29)26(35)31-23(16-18-17-30-22-8-4-3-6-19(18)22)25(34)32-14-12-28(13-15-32)11-10-20-21(28)7-5-9-24(20)33;/h3-9,17,23,30,33H,10-16,29H2,1-2H3,(H,31,35);1H. The highest BCUT2D eigenvalue weighted by atomic mass is 35.5. The number of carbonyl (C=O) groups excluding carboxylic acids is 2. The molecule has 1 atom stereocenters. The lowest BCUT2D eigenvalue weighted by Crippen LogP contribution is -2.58. The van der Waals surface area contributed by atoms with Gasteiger partial charge < -0.3 is 26.0 Å². The number of para-hydroxylation sites is 1. The SMILES string of the molecule is CC(C)(N)C(=O)NC(Cc1c[nH]c2ccccc12)C(=O)N1CCC2(CCc3c(O)cccc32)CC1.Cl. The fourth-order valence-corrected chi connectivity index (χ4v) is 5.79. The topological polar surface area (TPSA) is 111 Å². The summed E-state index contributed by atoms with van der Waals surface area (Å²) in [5, 5.41) is 14.3. The van der Waals surface area contributed by atoms with Crippen molar-refractivity contribution in [2.75, 3.05) is 13.1 Å². The zero-order chi connectivity index (χ0) is 24.8. The maximum Gasteiger partial charge on any atom is 0.245 e. The first-order chi connectivity index (χ1) is 16.7. The van der Waals surface area contributed by atoms with Crippen molar-refractivity contribution in [1.82, 2.24) is 15.2 Å². The monoisotopic (exact) mass is 510 g/mol. The third-order valence-electron chi connectivity index (χ3n) is 7.90. The number of aromatic hydroxyl groups is 1. The number of likely N-dealkylation sites (tertiary alicyclic amines) is 1. The zero-order valence-corrected chi connectivity index (χ0v) is 21.7. The van der Waals surface area contributed by atoms with Crippen LogP contribution in [0.15, 0.2) is 48.7 Å². The van der Waals surface area contributed by atoms with Crippen molar-refractivity contribution in [3.8, 4) is 5.75 Å². The Bertz CT molecular complexity index is 1270. The summed E-state index contributed by atoms with van der Waals surface area (Å²) in [7, 11) is 0. The second kappa shape index (κ2) is 9.79. The molecule has 0 radical (unpaired) electrons. The molecule has 2 aliphatic rings. The molecule has 2 amide bonds. The van der Waals surface area contributed by atoms with Gasteiger partial charge in [-0.3, -0.25) is 9.59 Å². The number of aromatic amines is 1. The van der Waals surface area contributed by atoms with Gasteiger partial charge in [0.25, 0.3) is 0 Å². The number of rotatable bonds is 5. The van der Waals surface area contributed by atoms with Crippen LogP contribution in [0.3, 0.4) is 0 Å². The number of nitrogens with two attached hydrogens (primary N) is 1. The Morgan fingerprint density at radius 2 is 1.86 bits per heavy atom. The molecule has 0 saturated carbocycles. The molecule has 8 heteroatoms. The molecule has 1 unspecified atom stereocenters. The Kier molecular flexibility index (Phi) is 7.08. The second-order valence-corrected chi connectivity index (χ2v) is 10.7. The summed E-state index contributed by atoms with van der Waals surface area (Å²) in [4.78, 5) is 31.7. The summed E-state index contributed by atoms with van der Waals surface area (Å²) >= 11 is 0. The van der Waals surface area contributed by atoms with Gasteiger partial charge in [-0.2, -0.15) is 0 Å². The Hall–Kier alpha value is -3.03. The number of halogens is 1. The van der Waals surface area contributed by atoms with Gasteiger partial charge in [-0.15, -0.1) is 12.4 Å². The molecule has 1 spiro atoms. The average Bonchev–Trinajstić information content (AvgIpc) is 3.41. The number of amides is 2. The minimum absolute atomic E-state index is 0. The molecule has 5 N–H and O–H groups in total. The molecule has 5 rings (SSSR count). The van der Waals surface area contributed by atoms with Crippen molar-refractivity contribution in [1.29, 1.82) is 0 Å². The number of H-pyrrole nitrogens is 1. The number of phenols is 1. The molecule has 1 fully saturated rings. The molecule has 2 heterocycles.